The minimum absolute atomic E-state index is 0.260. The highest BCUT2D eigenvalue weighted by atomic mass is 19.4. The van der Waals surface area contributed by atoms with Gasteiger partial charge in [0.15, 0.2) is 5.69 Å². The molecule has 0 spiro atoms. The van der Waals surface area contributed by atoms with Gasteiger partial charge in [-0.1, -0.05) is 48.5 Å². The van der Waals surface area contributed by atoms with Crippen molar-refractivity contribution >= 4 is 27.5 Å². The van der Waals surface area contributed by atoms with Crippen LogP contribution in [-0.2, 0) is 6.18 Å². The molecule has 5 rings (SSSR count). The Kier molecular flexibility index (Phi) is 4.48. The molecule has 0 saturated carbocycles. The van der Waals surface area contributed by atoms with E-state index in [1.54, 1.807) is 6.07 Å². The third-order valence-corrected chi connectivity index (χ3v) is 5.44. The number of amides is 1. The van der Waals surface area contributed by atoms with Crippen LogP contribution in [0.5, 0.6) is 0 Å². The van der Waals surface area contributed by atoms with Crippen LogP contribution in [0.15, 0.2) is 84.9 Å². The molecule has 1 heterocycles. The number of alkyl halides is 3. The smallest absolute Gasteiger partial charge is 0.366 e. The van der Waals surface area contributed by atoms with E-state index in [1.807, 2.05) is 48.5 Å². The number of benzene rings is 4. The van der Waals surface area contributed by atoms with Gasteiger partial charge in [-0.15, -0.1) is 0 Å². The maximum atomic E-state index is 13.5. The molecule has 0 atom stereocenters. The van der Waals surface area contributed by atoms with E-state index in [4.69, 9.17) is 5.73 Å². The van der Waals surface area contributed by atoms with Crippen LogP contribution in [0.4, 0.5) is 13.2 Å². The number of nitrogens with two attached hydrogens (primary N) is 1. The molecule has 0 radical (unpaired) electrons. The number of primary amides is 1. The van der Waals surface area contributed by atoms with Crippen molar-refractivity contribution in [1.29, 1.82) is 0 Å². The molecule has 7 heteroatoms. The molecule has 5 aromatic rings. The second kappa shape index (κ2) is 7.23. The number of rotatable bonds is 3. The summed E-state index contributed by atoms with van der Waals surface area (Å²) in [4.78, 5) is 11.3. The SMILES string of the molecule is NC(=O)c1ccc(-n2nc(C(F)(F)F)cc2-c2ccc3c(ccc4ccccc43)c2)cc1. The first-order valence-corrected chi connectivity index (χ1v) is 9.81. The Morgan fingerprint density at radius 1 is 0.812 bits per heavy atom. The predicted molar refractivity (Wildman–Crippen MR) is 118 cm³/mol. The van der Waals surface area contributed by atoms with Gasteiger partial charge in [-0.05, 0) is 57.9 Å². The summed E-state index contributed by atoms with van der Waals surface area (Å²) >= 11 is 0. The van der Waals surface area contributed by atoms with Gasteiger partial charge in [0.2, 0.25) is 5.91 Å². The van der Waals surface area contributed by atoms with E-state index >= 15 is 0 Å². The van der Waals surface area contributed by atoms with Crippen LogP contribution in [0.3, 0.4) is 0 Å². The van der Waals surface area contributed by atoms with Crippen LogP contribution >= 0.6 is 0 Å². The molecular formula is C25H16F3N3O. The molecule has 0 unspecified atom stereocenters. The Balaban J connectivity index is 1.69. The number of carbonyl (C=O) groups excluding carboxylic acids is 1. The zero-order chi connectivity index (χ0) is 22.5. The fraction of sp³-hybridized carbons (Fsp3) is 0.0400. The minimum atomic E-state index is -4.60. The maximum Gasteiger partial charge on any atom is 0.435 e. The molecule has 4 aromatic carbocycles. The summed E-state index contributed by atoms with van der Waals surface area (Å²) < 4.78 is 41.7. The molecule has 0 fully saturated rings. The highest BCUT2D eigenvalue weighted by Gasteiger charge is 2.35. The topological polar surface area (TPSA) is 60.9 Å². The highest BCUT2D eigenvalue weighted by Crippen LogP contribution is 2.35. The van der Waals surface area contributed by atoms with Crippen molar-refractivity contribution < 1.29 is 18.0 Å². The van der Waals surface area contributed by atoms with Gasteiger partial charge in [0.1, 0.15) is 0 Å². The number of aromatic nitrogens is 2. The number of nitrogens with zero attached hydrogens (tertiary/aromatic N) is 2. The normalized spacial score (nSPS) is 11.8. The van der Waals surface area contributed by atoms with Crippen molar-refractivity contribution in [1.82, 2.24) is 9.78 Å². The average molecular weight is 431 g/mol. The van der Waals surface area contributed by atoms with Crippen molar-refractivity contribution in [3.8, 4) is 16.9 Å². The first-order valence-electron chi connectivity index (χ1n) is 9.81. The molecule has 4 nitrogen and oxygen atoms in total. The largest absolute Gasteiger partial charge is 0.435 e. The standard InChI is InChI=1S/C25H16F3N3O/c26-25(27,28)23-14-22(31(30-23)19-10-7-16(8-11-19)24(29)32)18-9-12-21-17(13-18)6-5-15-3-1-2-4-20(15)21/h1-14H,(H2,29,32). The molecule has 1 amide bonds. The molecule has 0 bridgehead atoms. The van der Waals surface area contributed by atoms with Crippen LogP contribution in [0.2, 0.25) is 0 Å². The van der Waals surface area contributed by atoms with E-state index in [-0.39, 0.29) is 5.56 Å². The van der Waals surface area contributed by atoms with E-state index < -0.39 is 17.8 Å². The number of fused-ring (bicyclic) bond motifs is 3. The quantitative estimate of drug-likeness (QED) is 0.358. The first-order chi connectivity index (χ1) is 15.3. The van der Waals surface area contributed by atoms with Crippen LogP contribution in [0, 0.1) is 0 Å². The van der Waals surface area contributed by atoms with Gasteiger partial charge in [0.25, 0.3) is 0 Å². The molecule has 1 aromatic heterocycles. The molecule has 0 aliphatic rings. The lowest BCUT2D eigenvalue weighted by Crippen LogP contribution is -2.11. The summed E-state index contributed by atoms with van der Waals surface area (Å²) in [6.07, 6.45) is -4.60. The van der Waals surface area contributed by atoms with Crippen molar-refractivity contribution in [2.24, 2.45) is 5.73 Å². The van der Waals surface area contributed by atoms with Gasteiger partial charge in [0, 0.05) is 11.1 Å². The molecule has 0 saturated heterocycles. The Morgan fingerprint density at radius 3 is 2.22 bits per heavy atom. The Hall–Kier alpha value is -4.13. The third kappa shape index (κ3) is 3.37. The summed E-state index contributed by atoms with van der Waals surface area (Å²) in [5, 5.41) is 7.89. The Labute approximate surface area is 180 Å². The molecular weight excluding hydrogens is 415 g/mol. The van der Waals surface area contributed by atoms with Gasteiger partial charge < -0.3 is 5.73 Å². The zero-order valence-electron chi connectivity index (χ0n) is 16.6. The number of carbonyl (C=O) groups is 1. The van der Waals surface area contributed by atoms with Gasteiger partial charge >= 0.3 is 6.18 Å². The lowest BCUT2D eigenvalue weighted by molar-refractivity contribution is -0.141. The van der Waals surface area contributed by atoms with E-state index in [9.17, 15) is 18.0 Å². The fourth-order valence-electron chi connectivity index (χ4n) is 3.86. The van der Waals surface area contributed by atoms with Crippen molar-refractivity contribution in [3.63, 3.8) is 0 Å². The summed E-state index contributed by atoms with van der Waals surface area (Å²) in [7, 11) is 0. The molecule has 2 N–H and O–H groups in total. The van der Waals surface area contributed by atoms with Crippen molar-refractivity contribution in [2.45, 2.75) is 6.18 Å². The summed E-state index contributed by atoms with van der Waals surface area (Å²) in [5.41, 5.74) is 5.80. The Bertz CT molecular complexity index is 1480. The Morgan fingerprint density at radius 2 is 1.50 bits per heavy atom. The maximum absolute atomic E-state index is 13.5. The number of hydrogen-bond donors (Lipinski definition) is 1. The molecule has 0 aliphatic heterocycles. The summed E-state index contributed by atoms with van der Waals surface area (Å²) in [6, 6.07) is 24.4. The van der Waals surface area contributed by atoms with Crippen molar-refractivity contribution in [2.75, 3.05) is 0 Å². The molecule has 32 heavy (non-hydrogen) atoms. The van der Waals surface area contributed by atoms with E-state index in [2.05, 4.69) is 5.10 Å². The van der Waals surface area contributed by atoms with Gasteiger partial charge in [-0.3, -0.25) is 4.79 Å². The highest BCUT2D eigenvalue weighted by molar-refractivity contribution is 6.08. The number of halogens is 3. The van der Waals surface area contributed by atoms with Gasteiger partial charge in [0.05, 0.1) is 11.4 Å². The third-order valence-electron chi connectivity index (χ3n) is 5.44. The summed E-state index contributed by atoms with van der Waals surface area (Å²) in [6.45, 7) is 0. The van der Waals surface area contributed by atoms with Gasteiger partial charge in [-0.25, -0.2) is 4.68 Å². The predicted octanol–water partition coefficient (Wildman–Crippen LogP) is 5.96. The van der Waals surface area contributed by atoms with E-state index in [1.165, 1.54) is 28.9 Å². The fourth-order valence-corrected chi connectivity index (χ4v) is 3.86. The second-order valence-electron chi connectivity index (χ2n) is 7.46. The van der Waals surface area contributed by atoms with Crippen LogP contribution < -0.4 is 5.73 Å². The van der Waals surface area contributed by atoms with Gasteiger partial charge in [-0.2, -0.15) is 18.3 Å². The molecule has 158 valence electrons. The average Bonchev–Trinajstić information content (AvgIpc) is 3.25. The van der Waals surface area contributed by atoms with E-state index in [0.29, 0.717) is 16.9 Å². The summed E-state index contributed by atoms with van der Waals surface area (Å²) in [5.74, 6) is -0.616. The molecule has 0 aliphatic carbocycles. The number of hydrogen-bond acceptors (Lipinski definition) is 2. The van der Waals surface area contributed by atoms with Crippen molar-refractivity contribution in [3.05, 3.63) is 96.2 Å². The van der Waals surface area contributed by atoms with Crippen LogP contribution in [-0.4, -0.2) is 15.7 Å². The lowest BCUT2D eigenvalue weighted by Gasteiger charge is -2.10. The second-order valence-corrected chi connectivity index (χ2v) is 7.46. The van der Waals surface area contributed by atoms with E-state index in [0.717, 1.165) is 27.6 Å². The van der Waals surface area contributed by atoms with Crippen LogP contribution in [0.25, 0.3) is 38.5 Å². The lowest BCUT2D eigenvalue weighted by atomic mass is 9.99. The minimum Gasteiger partial charge on any atom is -0.366 e. The monoisotopic (exact) mass is 431 g/mol. The van der Waals surface area contributed by atoms with Crippen LogP contribution in [0.1, 0.15) is 16.1 Å². The first kappa shape index (κ1) is 19.8. The zero-order valence-corrected chi connectivity index (χ0v) is 16.6.